The van der Waals surface area contributed by atoms with Crippen LogP contribution in [0.2, 0.25) is 5.02 Å². The highest BCUT2D eigenvalue weighted by molar-refractivity contribution is 6.30. The minimum atomic E-state index is -0.781. The molecule has 1 heterocycles. The Morgan fingerprint density at radius 1 is 0.885 bits per heavy atom. The molecule has 3 rings (SSSR count). The first-order valence-electron chi connectivity index (χ1n) is 9.90. The summed E-state index contributed by atoms with van der Waals surface area (Å²) in [6.45, 7) is 3.30. The van der Waals surface area contributed by atoms with E-state index in [2.05, 4.69) is 29.2 Å². The van der Waals surface area contributed by atoms with E-state index in [0.29, 0.717) is 0 Å². The third-order valence-corrected chi connectivity index (χ3v) is 5.82. The molecule has 0 aliphatic carbocycles. The lowest BCUT2D eigenvalue weighted by Gasteiger charge is -2.33. The Bertz CT molecular complexity index is 652. The lowest BCUT2D eigenvalue weighted by Crippen LogP contribution is -2.36. The highest BCUT2D eigenvalue weighted by atomic mass is 35.5. The number of aryl methyl sites for hydroxylation is 1. The summed E-state index contributed by atoms with van der Waals surface area (Å²) in [6.07, 6.45) is 7.44. The fraction of sp³-hybridized carbons (Fsp3) is 0.478. The van der Waals surface area contributed by atoms with Crippen LogP contribution in [0.4, 0.5) is 0 Å². The molecule has 1 atom stereocenters. The van der Waals surface area contributed by atoms with Gasteiger partial charge in [-0.25, -0.2) is 0 Å². The van der Waals surface area contributed by atoms with Crippen molar-refractivity contribution in [3.05, 3.63) is 70.7 Å². The van der Waals surface area contributed by atoms with Gasteiger partial charge in [0.05, 0.1) is 5.60 Å². The number of aliphatic hydroxyl groups is 1. The summed E-state index contributed by atoms with van der Waals surface area (Å²) in [5.74, 6) is 0. The summed E-state index contributed by atoms with van der Waals surface area (Å²) >= 11 is 6.06. The van der Waals surface area contributed by atoms with Crippen molar-refractivity contribution < 1.29 is 5.11 Å². The molecule has 2 aromatic carbocycles. The summed E-state index contributed by atoms with van der Waals surface area (Å²) in [4.78, 5) is 2.50. The molecule has 1 fully saturated rings. The van der Waals surface area contributed by atoms with E-state index in [0.717, 1.165) is 42.8 Å². The molecular formula is C23H30ClNO. The van der Waals surface area contributed by atoms with Crippen molar-refractivity contribution >= 4 is 11.6 Å². The highest BCUT2D eigenvalue weighted by Gasteiger charge is 2.29. The highest BCUT2D eigenvalue weighted by Crippen LogP contribution is 2.32. The first kappa shape index (κ1) is 19.4. The number of piperidine rings is 1. The second kappa shape index (κ2) is 9.55. The molecule has 2 aromatic rings. The van der Waals surface area contributed by atoms with Crippen LogP contribution in [0.15, 0.2) is 54.6 Å². The fourth-order valence-corrected chi connectivity index (χ4v) is 4.06. The van der Waals surface area contributed by atoms with E-state index in [1.165, 1.54) is 37.9 Å². The number of hydrogen-bond donors (Lipinski definition) is 1. The first-order chi connectivity index (χ1) is 12.7. The topological polar surface area (TPSA) is 23.5 Å². The molecule has 140 valence electrons. The van der Waals surface area contributed by atoms with Gasteiger partial charge in [-0.05, 0) is 74.9 Å². The van der Waals surface area contributed by atoms with Crippen molar-refractivity contribution in [3.8, 4) is 0 Å². The Kier molecular flexibility index (Phi) is 7.13. The predicted octanol–water partition coefficient (Wildman–Crippen LogP) is 5.43. The Morgan fingerprint density at radius 3 is 2.27 bits per heavy atom. The largest absolute Gasteiger partial charge is 0.385 e. The summed E-state index contributed by atoms with van der Waals surface area (Å²) in [6, 6.07) is 18.3. The molecule has 0 amide bonds. The van der Waals surface area contributed by atoms with Gasteiger partial charge < -0.3 is 10.0 Å². The molecule has 2 nitrogen and oxygen atoms in total. The smallest absolute Gasteiger partial charge is 0.0908 e. The van der Waals surface area contributed by atoms with E-state index in [9.17, 15) is 5.11 Å². The van der Waals surface area contributed by atoms with E-state index in [4.69, 9.17) is 11.6 Å². The summed E-state index contributed by atoms with van der Waals surface area (Å²) in [5.41, 5.74) is 1.55. The number of hydrogen-bond acceptors (Lipinski definition) is 2. The Hall–Kier alpha value is -1.35. The second-order valence-electron chi connectivity index (χ2n) is 7.53. The van der Waals surface area contributed by atoms with E-state index in [1.54, 1.807) is 0 Å². The zero-order chi connectivity index (χ0) is 18.2. The molecule has 0 aromatic heterocycles. The molecule has 1 aliphatic heterocycles. The molecular weight excluding hydrogens is 342 g/mol. The van der Waals surface area contributed by atoms with Gasteiger partial charge in [0.25, 0.3) is 0 Å². The molecule has 1 unspecified atom stereocenters. The van der Waals surface area contributed by atoms with Crippen molar-refractivity contribution in [2.24, 2.45) is 0 Å². The summed E-state index contributed by atoms with van der Waals surface area (Å²) in [5, 5.41) is 12.2. The van der Waals surface area contributed by atoms with Crippen LogP contribution < -0.4 is 0 Å². The van der Waals surface area contributed by atoms with Crippen LogP contribution in [0.25, 0.3) is 0 Å². The maximum Gasteiger partial charge on any atom is 0.0908 e. The average molecular weight is 372 g/mol. The van der Waals surface area contributed by atoms with Crippen LogP contribution in [0, 0.1) is 0 Å². The minimum absolute atomic E-state index is 0.719. The minimum Gasteiger partial charge on any atom is -0.385 e. The van der Waals surface area contributed by atoms with E-state index >= 15 is 0 Å². The Labute approximate surface area is 162 Å². The Morgan fingerprint density at radius 2 is 1.58 bits per heavy atom. The standard InChI is InChI=1S/C23H30ClNO/c24-22-13-11-21(12-14-22)23(26,16-19-25-17-5-2-6-18-25)15-7-10-20-8-3-1-4-9-20/h1,3-4,8-9,11-14,26H,2,5-7,10,15-19H2. The monoisotopic (exact) mass is 371 g/mol. The van der Waals surface area contributed by atoms with Gasteiger partial charge >= 0.3 is 0 Å². The summed E-state index contributed by atoms with van der Waals surface area (Å²) in [7, 11) is 0. The van der Waals surface area contributed by atoms with Crippen molar-refractivity contribution in [2.45, 2.75) is 50.5 Å². The zero-order valence-electron chi connectivity index (χ0n) is 15.5. The van der Waals surface area contributed by atoms with Gasteiger partial charge in [0.1, 0.15) is 0 Å². The van der Waals surface area contributed by atoms with Gasteiger partial charge in [0.2, 0.25) is 0 Å². The van der Waals surface area contributed by atoms with Gasteiger partial charge in [0.15, 0.2) is 0 Å². The number of likely N-dealkylation sites (tertiary alicyclic amines) is 1. The molecule has 1 N–H and O–H groups in total. The van der Waals surface area contributed by atoms with Gasteiger partial charge in [-0.2, -0.15) is 0 Å². The molecule has 0 radical (unpaired) electrons. The van der Waals surface area contributed by atoms with Crippen molar-refractivity contribution in [3.63, 3.8) is 0 Å². The van der Waals surface area contributed by atoms with E-state index in [1.807, 2.05) is 30.3 Å². The predicted molar refractivity (Wildman–Crippen MR) is 110 cm³/mol. The molecule has 26 heavy (non-hydrogen) atoms. The van der Waals surface area contributed by atoms with Crippen LogP contribution >= 0.6 is 11.6 Å². The van der Waals surface area contributed by atoms with Gasteiger partial charge in [-0.1, -0.05) is 60.5 Å². The van der Waals surface area contributed by atoms with Crippen LogP contribution in [0.3, 0.4) is 0 Å². The third kappa shape index (κ3) is 5.57. The molecule has 0 spiro atoms. The van der Waals surface area contributed by atoms with Crippen molar-refractivity contribution in [2.75, 3.05) is 19.6 Å². The lowest BCUT2D eigenvalue weighted by molar-refractivity contribution is 0.00542. The second-order valence-corrected chi connectivity index (χ2v) is 7.97. The van der Waals surface area contributed by atoms with Crippen molar-refractivity contribution in [1.29, 1.82) is 0 Å². The number of halogens is 1. The molecule has 0 saturated carbocycles. The third-order valence-electron chi connectivity index (χ3n) is 5.57. The molecule has 3 heteroatoms. The average Bonchev–Trinajstić information content (AvgIpc) is 2.69. The van der Waals surface area contributed by atoms with Crippen molar-refractivity contribution in [1.82, 2.24) is 4.90 Å². The van der Waals surface area contributed by atoms with Crippen LogP contribution in [-0.2, 0) is 12.0 Å². The number of nitrogens with zero attached hydrogens (tertiary/aromatic N) is 1. The quantitative estimate of drug-likeness (QED) is 0.669. The van der Waals surface area contributed by atoms with Gasteiger partial charge in [-0.15, -0.1) is 0 Å². The maximum absolute atomic E-state index is 11.5. The number of benzene rings is 2. The van der Waals surface area contributed by atoms with Gasteiger partial charge in [0, 0.05) is 11.6 Å². The van der Waals surface area contributed by atoms with Gasteiger partial charge in [-0.3, -0.25) is 0 Å². The van der Waals surface area contributed by atoms with Crippen LogP contribution in [-0.4, -0.2) is 29.6 Å². The van der Waals surface area contributed by atoms with E-state index in [-0.39, 0.29) is 0 Å². The van der Waals surface area contributed by atoms with Crippen LogP contribution in [0.5, 0.6) is 0 Å². The maximum atomic E-state index is 11.5. The molecule has 1 saturated heterocycles. The lowest BCUT2D eigenvalue weighted by atomic mass is 9.84. The fourth-order valence-electron chi connectivity index (χ4n) is 3.93. The zero-order valence-corrected chi connectivity index (χ0v) is 16.3. The first-order valence-corrected chi connectivity index (χ1v) is 10.3. The van der Waals surface area contributed by atoms with Crippen LogP contribution in [0.1, 0.15) is 49.7 Å². The number of rotatable bonds is 8. The normalized spacial score (nSPS) is 17.8. The summed E-state index contributed by atoms with van der Waals surface area (Å²) < 4.78 is 0. The molecule has 1 aliphatic rings. The SMILES string of the molecule is OC(CCCc1ccccc1)(CCN1CCCCC1)c1ccc(Cl)cc1. The molecule has 0 bridgehead atoms. The Balaban J connectivity index is 1.64. The van der Waals surface area contributed by atoms with E-state index < -0.39 is 5.60 Å².